The summed E-state index contributed by atoms with van der Waals surface area (Å²) >= 11 is 4.35. The van der Waals surface area contributed by atoms with E-state index in [9.17, 15) is 0 Å². The van der Waals surface area contributed by atoms with Crippen LogP contribution in [-0.2, 0) is 0 Å². The minimum absolute atomic E-state index is 0.762. The predicted molar refractivity (Wildman–Crippen MR) is 65.4 cm³/mol. The summed E-state index contributed by atoms with van der Waals surface area (Å²) in [5.41, 5.74) is 0. The van der Waals surface area contributed by atoms with Gasteiger partial charge in [-0.1, -0.05) is 34.6 Å². The molecule has 80 valence electrons. The fourth-order valence-corrected chi connectivity index (χ4v) is 2.31. The quantitative estimate of drug-likeness (QED) is 0.611. The van der Waals surface area contributed by atoms with Crippen molar-refractivity contribution in [2.45, 2.75) is 47.5 Å². The van der Waals surface area contributed by atoms with Crippen LogP contribution in [-0.4, -0.2) is 5.75 Å². The first-order valence-electron chi connectivity index (χ1n) is 5.58. The van der Waals surface area contributed by atoms with Gasteiger partial charge in [-0.2, -0.15) is 12.6 Å². The summed E-state index contributed by atoms with van der Waals surface area (Å²) in [5.74, 6) is 4.32. The van der Waals surface area contributed by atoms with E-state index in [1.54, 1.807) is 0 Å². The van der Waals surface area contributed by atoms with Gasteiger partial charge in [0.25, 0.3) is 0 Å². The van der Waals surface area contributed by atoms with Crippen molar-refractivity contribution < 1.29 is 0 Å². The van der Waals surface area contributed by atoms with Crippen molar-refractivity contribution in [3.63, 3.8) is 0 Å². The van der Waals surface area contributed by atoms with E-state index in [0.717, 1.165) is 29.4 Å². The molecule has 0 spiro atoms. The predicted octanol–water partition coefficient (Wildman–Crippen LogP) is 4.26. The summed E-state index contributed by atoms with van der Waals surface area (Å²) in [5, 5.41) is 0. The molecule has 0 amide bonds. The molecule has 0 aromatic heterocycles. The van der Waals surface area contributed by atoms with Gasteiger partial charge in [0.2, 0.25) is 0 Å². The van der Waals surface area contributed by atoms with E-state index in [4.69, 9.17) is 0 Å². The number of hydrogen-bond acceptors (Lipinski definition) is 1. The van der Waals surface area contributed by atoms with Crippen LogP contribution in [0.2, 0.25) is 0 Å². The Kier molecular flexibility index (Phi) is 6.93. The van der Waals surface area contributed by atoms with Gasteiger partial charge in [-0.05, 0) is 42.3 Å². The van der Waals surface area contributed by atoms with E-state index >= 15 is 0 Å². The van der Waals surface area contributed by atoms with Crippen LogP contribution in [0.1, 0.15) is 47.5 Å². The van der Waals surface area contributed by atoms with Crippen LogP contribution in [0, 0.1) is 23.7 Å². The van der Waals surface area contributed by atoms with Crippen LogP contribution in [0.4, 0.5) is 0 Å². The van der Waals surface area contributed by atoms with Gasteiger partial charge in [-0.3, -0.25) is 0 Å². The summed E-state index contributed by atoms with van der Waals surface area (Å²) in [6, 6.07) is 0. The van der Waals surface area contributed by atoms with Crippen molar-refractivity contribution in [2.75, 3.05) is 5.75 Å². The van der Waals surface area contributed by atoms with Crippen molar-refractivity contribution in [1.29, 1.82) is 0 Å². The van der Waals surface area contributed by atoms with Gasteiger partial charge >= 0.3 is 0 Å². The average Bonchev–Trinajstić information content (AvgIpc) is 2.01. The third-order valence-corrected chi connectivity index (χ3v) is 3.48. The molecule has 0 aromatic carbocycles. The Bertz CT molecular complexity index is 120. The standard InChI is InChI=1S/C12H26S/c1-9(2)6-10(3)7-11(4)12(5)8-13/h9-13H,6-8H2,1-5H3. The summed E-state index contributed by atoms with van der Waals surface area (Å²) in [7, 11) is 0. The van der Waals surface area contributed by atoms with Gasteiger partial charge in [-0.15, -0.1) is 0 Å². The molecule has 1 heteroatoms. The average molecular weight is 202 g/mol. The molecule has 0 aliphatic heterocycles. The van der Waals surface area contributed by atoms with Gasteiger partial charge in [-0.25, -0.2) is 0 Å². The molecule has 0 heterocycles. The van der Waals surface area contributed by atoms with Crippen molar-refractivity contribution in [3.8, 4) is 0 Å². The molecule has 3 atom stereocenters. The molecule has 13 heavy (non-hydrogen) atoms. The first-order valence-corrected chi connectivity index (χ1v) is 6.21. The monoisotopic (exact) mass is 202 g/mol. The molecule has 0 radical (unpaired) electrons. The Balaban J connectivity index is 3.70. The lowest BCUT2D eigenvalue weighted by molar-refractivity contribution is 0.304. The van der Waals surface area contributed by atoms with E-state index in [-0.39, 0.29) is 0 Å². The lowest BCUT2D eigenvalue weighted by Gasteiger charge is -2.22. The molecular weight excluding hydrogens is 176 g/mol. The zero-order valence-corrected chi connectivity index (χ0v) is 10.8. The maximum Gasteiger partial charge on any atom is -0.00696 e. The summed E-state index contributed by atoms with van der Waals surface area (Å²) in [6.07, 6.45) is 2.73. The van der Waals surface area contributed by atoms with Crippen molar-refractivity contribution in [2.24, 2.45) is 23.7 Å². The van der Waals surface area contributed by atoms with Gasteiger partial charge in [0.15, 0.2) is 0 Å². The normalized spacial score (nSPS) is 18.7. The van der Waals surface area contributed by atoms with Gasteiger partial charge in [0.1, 0.15) is 0 Å². The molecule has 0 N–H and O–H groups in total. The molecule has 0 fully saturated rings. The Morgan fingerprint density at radius 3 is 1.77 bits per heavy atom. The first-order chi connectivity index (χ1) is 5.97. The number of hydrogen-bond donors (Lipinski definition) is 1. The smallest absolute Gasteiger partial charge is 0.00696 e. The van der Waals surface area contributed by atoms with E-state index in [1.165, 1.54) is 12.8 Å². The number of thiol groups is 1. The van der Waals surface area contributed by atoms with Gasteiger partial charge in [0, 0.05) is 0 Å². The highest BCUT2D eigenvalue weighted by molar-refractivity contribution is 7.80. The van der Waals surface area contributed by atoms with Crippen molar-refractivity contribution in [1.82, 2.24) is 0 Å². The highest BCUT2D eigenvalue weighted by atomic mass is 32.1. The minimum atomic E-state index is 0.762. The Labute approximate surface area is 89.9 Å². The van der Waals surface area contributed by atoms with Crippen LogP contribution >= 0.6 is 12.6 Å². The molecule has 0 aromatic rings. The fourth-order valence-electron chi connectivity index (χ4n) is 1.95. The third-order valence-electron chi connectivity index (χ3n) is 2.91. The second kappa shape index (κ2) is 6.75. The molecular formula is C12H26S. The molecule has 3 unspecified atom stereocenters. The lowest BCUT2D eigenvalue weighted by Crippen LogP contribution is -2.14. The molecule has 0 saturated heterocycles. The van der Waals surface area contributed by atoms with Crippen LogP contribution < -0.4 is 0 Å². The lowest BCUT2D eigenvalue weighted by atomic mass is 9.85. The van der Waals surface area contributed by atoms with Crippen molar-refractivity contribution in [3.05, 3.63) is 0 Å². The molecule has 0 saturated carbocycles. The third kappa shape index (κ3) is 6.42. The molecule has 0 aliphatic rings. The summed E-state index contributed by atoms with van der Waals surface area (Å²) < 4.78 is 0. The van der Waals surface area contributed by atoms with Crippen LogP contribution in [0.15, 0.2) is 0 Å². The minimum Gasteiger partial charge on any atom is -0.179 e. The Morgan fingerprint density at radius 2 is 1.38 bits per heavy atom. The largest absolute Gasteiger partial charge is 0.179 e. The topological polar surface area (TPSA) is 0 Å². The SMILES string of the molecule is CC(C)CC(C)CC(C)C(C)CS. The van der Waals surface area contributed by atoms with Crippen LogP contribution in [0.5, 0.6) is 0 Å². The second-order valence-corrected chi connectivity index (χ2v) is 5.47. The highest BCUT2D eigenvalue weighted by Crippen LogP contribution is 2.24. The Morgan fingerprint density at radius 1 is 0.846 bits per heavy atom. The first kappa shape index (κ1) is 13.4. The summed E-state index contributed by atoms with van der Waals surface area (Å²) in [6.45, 7) is 11.7. The van der Waals surface area contributed by atoms with Crippen LogP contribution in [0.3, 0.4) is 0 Å². The second-order valence-electron chi connectivity index (χ2n) is 5.11. The Hall–Kier alpha value is 0.350. The van der Waals surface area contributed by atoms with E-state index in [2.05, 4.69) is 47.2 Å². The zero-order chi connectivity index (χ0) is 10.4. The van der Waals surface area contributed by atoms with Gasteiger partial charge in [0.05, 0.1) is 0 Å². The molecule has 0 aliphatic carbocycles. The zero-order valence-electron chi connectivity index (χ0n) is 9.88. The van der Waals surface area contributed by atoms with Crippen LogP contribution in [0.25, 0.3) is 0 Å². The van der Waals surface area contributed by atoms with Gasteiger partial charge < -0.3 is 0 Å². The van der Waals surface area contributed by atoms with E-state index in [0.29, 0.717) is 0 Å². The maximum atomic E-state index is 4.35. The molecule has 0 rings (SSSR count). The van der Waals surface area contributed by atoms with E-state index < -0.39 is 0 Å². The maximum absolute atomic E-state index is 4.35. The van der Waals surface area contributed by atoms with E-state index in [1.807, 2.05) is 0 Å². The molecule has 0 nitrogen and oxygen atoms in total. The fraction of sp³-hybridized carbons (Fsp3) is 1.00. The summed E-state index contributed by atoms with van der Waals surface area (Å²) in [4.78, 5) is 0. The molecule has 0 bridgehead atoms. The highest BCUT2D eigenvalue weighted by Gasteiger charge is 2.14. The number of rotatable bonds is 6. The van der Waals surface area contributed by atoms with Crippen molar-refractivity contribution >= 4 is 12.6 Å².